The van der Waals surface area contributed by atoms with Gasteiger partial charge < -0.3 is 14.8 Å². The van der Waals surface area contributed by atoms with Gasteiger partial charge in [0.1, 0.15) is 11.9 Å². The Bertz CT molecular complexity index is 1270. The molecule has 6 heteroatoms. The number of carbonyl (C=O) groups excluding carboxylic acids is 1. The van der Waals surface area contributed by atoms with Gasteiger partial charge in [0, 0.05) is 55.8 Å². The highest BCUT2D eigenvalue weighted by atomic mass is 16.2. The van der Waals surface area contributed by atoms with E-state index in [1.54, 1.807) is 0 Å². The van der Waals surface area contributed by atoms with Gasteiger partial charge in [0.25, 0.3) is 5.91 Å². The van der Waals surface area contributed by atoms with Crippen LogP contribution in [0.4, 0.5) is 0 Å². The molecule has 6 nitrogen and oxygen atoms in total. The van der Waals surface area contributed by atoms with Crippen LogP contribution in [0.3, 0.4) is 0 Å². The molecule has 2 aromatic rings. The van der Waals surface area contributed by atoms with Gasteiger partial charge in [0.05, 0.1) is 11.3 Å². The number of H-pyrrole nitrogens is 1. The molecule has 1 unspecified atom stereocenters. The number of aromatic amines is 1. The first kappa shape index (κ1) is 27.2. The molecular formula is C33H41N5O. The van der Waals surface area contributed by atoms with Crippen LogP contribution in [0.15, 0.2) is 29.8 Å². The Morgan fingerprint density at radius 3 is 2.56 bits per heavy atom. The highest BCUT2D eigenvalue weighted by molar-refractivity contribution is 5.95. The van der Waals surface area contributed by atoms with Crippen LogP contribution in [0.25, 0.3) is 11.4 Å². The van der Waals surface area contributed by atoms with Crippen LogP contribution < -0.4 is 0 Å². The lowest BCUT2D eigenvalue weighted by atomic mass is 9.77. The number of allylic oxidation sites excluding steroid dienone is 2. The van der Waals surface area contributed by atoms with E-state index in [4.69, 9.17) is 11.4 Å². The number of hydrogen-bond acceptors (Lipinski definition) is 4. The zero-order chi connectivity index (χ0) is 27.5. The first-order chi connectivity index (χ1) is 18.9. The molecular weight excluding hydrogens is 482 g/mol. The Kier molecular flexibility index (Phi) is 8.24. The minimum absolute atomic E-state index is 0.115. The van der Waals surface area contributed by atoms with Crippen LogP contribution in [0.1, 0.15) is 79.2 Å². The van der Waals surface area contributed by atoms with Crippen LogP contribution in [0.5, 0.6) is 0 Å². The summed E-state index contributed by atoms with van der Waals surface area (Å²) in [5, 5.41) is 9.18. The van der Waals surface area contributed by atoms with Crippen molar-refractivity contribution in [2.24, 2.45) is 17.8 Å². The van der Waals surface area contributed by atoms with Crippen molar-refractivity contribution < 1.29 is 4.79 Å². The Morgan fingerprint density at radius 2 is 1.90 bits per heavy atom. The molecule has 1 aliphatic carbocycles. The van der Waals surface area contributed by atoms with Crippen molar-refractivity contribution in [3.05, 3.63) is 52.4 Å². The molecule has 2 atom stereocenters. The highest BCUT2D eigenvalue weighted by Gasteiger charge is 2.30. The molecule has 1 amide bonds. The molecule has 1 saturated carbocycles. The number of benzene rings is 1. The smallest absolute Gasteiger partial charge is 0.253 e. The number of imidazole rings is 1. The van der Waals surface area contributed by atoms with E-state index in [2.05, 4.69) is 54.9 Å². The summed E-state index contributed by atoms with van der Waals surface area (Å²) < 4.78 is 0. The number of nitrogens with one attached hydrogen (secondary N) is 1. The maximum absolute atomic E-state index is 13.7. The van der Waals surface area contributed by atoms with E-state index in [9.17, 15) is 10.1 Å². The molecule has 1 aromatic carbocycles. The van der Waals surface area contributed by atoms with E-state index >= 15 is 0 Å². The maximum Gasteiger partial charge on any atom is 0.253 e. The number of rotatable bonds is 6. The van der Waals surface area contributed by atoms with Crippen LogP contribution in [-0.4, -0.2) is 58.9 Å². The van der Waals surface area contributed by atoms with E-state index in [1.165, 1.54) is 36.2 Å². The Morgan fingerprint density at radius 1 is 1.15 bits per heavy atom. The summed E-state index contributed by atoms with van der Waals surface area (Å²) in [5.41, 5.74) is 6.03. The van der Waals surface area contributed by atoms with Crippen LogP contribution >= 0.6 is 0 Å². The van der Waals surface area contributed by atoms with Gasteiger partial charge in [-0.1, -0.05) is 38.3 Å². The van der Waals surface area contributed by atoms with Gasteiger partial charge in [-0.3, -0.25) is 4.79 Å². The molecule has 1 aromatic heterocycles. The number of carbonyl (C=O) groups is 1. The number of fused-ring (bicyclic) bond motifs is 1. The van der Waals surface area contributed by atoms with Crippen molar-refractivity contribution in [2.45, 2.75) is 64.7 Å². The second kappa shape index (κ2) is 11.8. The summed E-state index contributed by atoms with van der Waals surface area (Å²) in [7, 11) is 2.17. The lowest BCUT2D eigenvalue weighted by molar-refractivity contribution is 0.0650. The van der Waals surface area contributed by atoms with Crippen molar-refractivity contribution in [2.75, 3.05) is 33.2 Å². The highest BCUT2D eigenvalue weighted by Crippen LogP contribution is 2.41. The lowest BCUT2D eigenvalue weighted by Crippen LogP contribution is -2.40. The average molecular weight is 524 g/mol. The molecule has 1 saturated heterocycles. The normalized spacial score (nSPS) is 20.7. The molecule has 204 valence electrons. The van der Waals surface area contributed by atoms with E-state index in [-0.39, 0.29) is 11.8 Å². The number of piperidine rings is 1. The maximum atomic E-state index is 13.7. The second-order valence-electron chi connectivity index (χ2n) is 11.9. The van der Waals surface area contributed by atoms with Crippen molar-refractivity contribution in [1.29, 1.82) is 5.26 Å². The van der Waals surface area contributed by atoms with Crippen LogP contribution in [-0.2, 0) is 12.8 Å². The summed E-state index contributed by atoms with van der Waals surface area (Å²) in [6.07, 6.45) is 14.9. The summed E-state index contributed by atoms with van der Waals surface area (Å²) in [5.74, 6) is 5.22. The first-order valence-electron chi connectivity index (χ1n) is 14.7. The fourth-order valence-electron chi connectivity index (χ4n) is 6.44. The van der Waals surface area contributed by atoms with Gasteiger partial charge in [-0.15, -0.1) is 6.42 Å². The summed E-state index contributed by atoms with van der Waals surface area (Å²) in [6.45, 7) is 7.95. The molecule has 3 heterocycles. The number of nitriles is 1. The molecule has 0 radical (unpaired) electrons. The third-order valence-corrected chi connectivity index (χ3v) is 9.54. The molecule has 0 spiro atoms. The Hall–Kier alpha value is -3.35. The van der Waals surface area contributed by atoms with Crippen molar-refractivity contribution >= 4 is 5.91 Å². The number of terminal acetylenes is 1. The van der Waals surface area contributed by atoms with E-state index < -0.39 is 0 Å². The molecule has 5 rings (SSSR count). The average Bonchev–Trinajstić information content (AvgIpc) is 3.26. The lowest BCUT2D eigenvalue weighted by Gasteiger charge is -2.36. The zero-order valence-corrected chi connectivity index (χ0v) is 23.7. The van der Waals surface area contributed by atoms with E-state index in [0.29, 0.717) is 23.3 Å². The first-order valence-corrected chi connectivity index (χ1v) is 14.7. The predicted octanol–water partition coefficient (Wildman–Crippen LogP) is 5.58. The molecule has 39 heavy (non-hydrogen) atoms. The van der Waals surface area contributed by atoms with Crippen molar-refractivity contribution in [1.82, 2.24) is 19.8 Å². The third-order valence-electron chi connectivity index (χ3n) is 9.54. The Labute approximate surface area is 233 Å². The minimum Gasteiger partial charge on any atom is -0.342 e. The number of likely N-dealkylation sites (tertiary alicyclic amines) is 1. The quantitative estimate of drug-likeness (QED) is 0.396. The van der Waals surface area contributed by atoms with Gasteiger partial charge in [-0.25, -0.2) is 4.98 Å². The van der Waals surface area contributed by atoms with Gasteiger partial charge in [0.2, 0.25) is 0 Å². The van der Waals surface area contributed by atoms with Crippen molar-refractivity contribution in [3.8, 4) is 29.8 Å². The van der Waals surface area contributed by atoms with Crippen LogP contribution in [0, 0.1) is 41.4 Å². The third kappa shape index (κ3) is 5.82. The number of amides is 1. The van der Waals surface area contributed by atoms with Gasteiger partial charge in [0.15, 0.2) is 0 Å². The summed E-state index contributed by atoms with van der Waals surface area (Å²) in [6, 6.07) is 8.42. The largest absolute Gasteiger partial charge is 0.342 e. The number of likely N-dealkylation sites (N-methyl/N-ethyl adjacent to an activating group) is 1. The molecule has 0 bridgehead atoms. The SMILES string of the molecule is C#C/C(C#N)=C\[C@H](C)C(C)C1CCN(C(=O)c2ccc(C3CCC3)c(-c3nc4c([nH]3)CCN(C)CC4)c2)CC1. The number of hydrogen-bond donors (Lipinski definition) is 1. The fourth-order valence-corrected chi connectivity index (χ4v) is 6.44. The van der Waals surface area contributed by atoms with Gasteiger partial charge in [-0.2, -0.15) is 5.26 Å². The molecule has 2 fully saturated rings. The van der Waals surface area contributed by atoms with Crippen LogP contribution in [0.2, 0.25) is 0 Å². The molecule has 1 N–H and O–H groups in total. The van der Waals surface area contributed by atoms with Gasteiger partial charge in [-0.05, 0) is 74.1 Å². The molecule has 3 aliphatic rings. The van der Waals surface area contributed by atoms with Crippen molar-refractivity contribution in [3.63, 3.8) is 0 Å². The fraction of sp³-hybridized carbons (Fsp3) is 0.545. The van der Waals surface area contributed by atoms with E-state index in [1.807, 2.05) is 17.0 Å². The van der Waals surface area contributed by atoms with Gasteiger partial charge >= 0.3 is 0 Å². The predicted molar refractivity (Wildman–Crippen MR) is 155 cm³/mol. The standard InChI is InChI=1S/C33H41N5O/c1-5-24(21-34)19-22(2)23(3)25-11-17-38(18-12-25)33(39)27-9-10-28(26-7-6-8-26)29(20-27)32-35-30-13-15-37(4)16-14-31(30)36-32/h1,9-10,19-20,22-23,25-26H,6-8,11-18H2,2-4H3,(H,35,36)/b24-19+/t22-,23?/m0/s1. The molecule has 2 aliphatic heterocycles. The van der Waals surface area contributed by atoms with E-state index in [0.717, 1.165) is 68.8 Å². The second-order valence-corrected chi connectivity index (χ2v) is 11.9. The Balaban J connectivity index is 1.31. The topological polar surface area (TPSA) is 76.0 Å². The number of aromatic nitrogens is 2. The minimum atomic E-state index is 0.115. The summed E-state index contributed by atoms with van der Waals surface area (Å²) in [4.78, 5) is 26.8. The monoisotopic (exact) mass is 523 g/mol. The summed E-state index contributed by atoms with van der Waals surface area (Å²) >= 11 is 0. The zero-order valence-electron chi connectivity index (χ0n) is 23.7. The number of nitrogens with zero attached hydrogens (tertiary/aromatic N) is 4.